The minimum atomic E-state index is -0.481. The third kappa shape index (κ3) is 4.20. The van der Waals surface area contributed by atoms with Crippen LogP contribution in [0.1, 0.15) is 65.6 Å². The predicted molar refractivity (Wildman–Crippen MR) is 115 cm³/mol. The maximum atomic E-state index is 11.6. The molecule has 0 aromatic carbocycles. The lowest BCUT2D eigenvalue weighted by Gasteiger charge is -2.29. The van der Waals surface area contributed by atoms with E-state index in [0.717, 1.165) is 48.9 Å². The Morgan fingerprint density at radius 3 is 2.73 bits per heavy atom. The molecule has 0 spiro atoms. The number of pyridine rings is 1. The molecule has 1 aliphatic heterocycles. The third-order valence-electron chi connectivity index (χ3n) is 6.13. The summed E-state index contributed by atoms with van der Waals surface area (Å²) in [6.45, 7) is 4.43. The van der Waals surface area contributed by atoms with Crippen LogP contribution in [0.15, 0.2) is 21.6 Å². The van der Waals surface area contributed by atoms with Crippen molar-refractivity contribution in [2.75, 3.05) is 25.1 Å². The van der Waals surface area contributed by atoms with E-state index in [4.69, 9.17) is 9.15 Å². The highest BCUT2D eigenvalue weighted by Gasteiger charge is 2.31. The van der Waals surface area contributed by atoms with Crippen molar-refractivity contribution in [1.29, 1.82) is 5.26 Å². The van der Waals surface area contributed by atoms with E-state index in [2.05, 4.69) is 22.9 Å². The number of esters is 1. The Kier molecular flexibility index (Phi) is 6.33. The Bertz CT molecular complexity index is 971. The SMILES string of the molecule is COC(=O)c1ccc(CSc2[nH+]c(N3CCC(C)CC3)c3c(c2C#N)CCCC3)o1. The number of H-pyrrole nitrogens is 1. The van der Waals surface area contributed by atoms with Gasteiger partial charge in [0.2, 0.25) is 5.76 Å². The molecule has 0 unspecified atom stereocenters. The molecule has 0 bridgehead atoms. The van der Waals surface area contributed by atoms with Crippen LogP contribution >= 0.6 is 11.8 Å². The number of nitrogens with one attached hydrogen (secondary N) is 1. The minimum absolute atomic E-state index is 0.200. The summed E-state index contributed by atoms with van der Waals surface area (Å²) < 4.78 is 10.3. The van der Waals surface area contributed by atoms with Crippen molar-refractivity contribution in [3.63, 3.8) is 0 Å². The van der Waals surface area contributed by atoms with E-state index in [-0.39, 0.29) is 5.76 Å². The maximum absolute atomic E-state index is 11.6. The molecule has 1 saturated heterocycles. The van der Waals surface area contributed by atoms with Gasteiger partial charge in [-0.15, -0.1) is 0 Å². The molecule has 0 radical (unpaired) electrons. The second-order valence-electron chi connectivity index (χ2n) is 8.17. The molecule has 158 valence electrons. The highest BCUT2D eigenvalue weighted by Crippen LogP contribution is 2.35. The molecule has 1 aliphatic carbocycles. The Balaban J connectivity index is 1.63. The number of methoxy groups -OCH3 is 1. The lowest BCUT2D eigenvalue weighted by atomic mass is 9.88. The normalized spacial score (nSPS) is 16.8. The van der Waals surface area contributed by atoms with Crippen LogP contribution in [0.4, 0.5) is 5.82 Å². The largest absolute Gasteiger partial charge is 0.463 e. The van der Waals surface area contributed by atoms with Crippen molar-refractivity contribution < 1.29 is 18.9 Å². The van der Waals surface area contributed by atoms with Crippen LogP contribution < -0.4 is 9.88 Å². The van der Waals surface area contributed by atoms with E-state index in [1.807, 2.05) is 0 Å². The number of fused-ring (bicyclic) bond motifs is 1. The van der Waals surface area contributed by atoms with Gasteiger partial charge in [0.1, 0.15) is 17.4 Å². The lowest BCUT2D eigenvalue weighted by molar-refractivity contribution is -0.414. The fourth-order valence-corrected chi connectivity index (χ4v) is 5.29. The topological polar surface area (TPSA) is 80.6 Å². The number of carbonyl (C=O) groups excluding carboxylic acids is 1. The lowest BCUT2D eigenvalue weighted by Crippen LogP contribution is -2.39. The van der Waals surface area contributed by atoms with Crippen LogP contribution in [0.5, 0.6) is 0 Å². The summed E-state index contributed by atoms with van der Waals surface area (Å²) in [6.07, 6.45) is 6.71. The first kappa shape index (κ1) is 20.8. The molecule has 1 N–H and O–H groups in total. The second-order valence-corrected chi connectivity index (χ2v) is 9.16. The number of hydrogen-bond acceptors (Lipinski definition) is 6. The van der Waals surface area contributed by atoms with Gasteiger partial charge in [-0.25, -0.2) is 9.78 Å². The summed E-state index contributed by atoms with van der Waals surface area (Å²) in [5.41, 5.74) is 3.32. The van der Waals surface area contributed by atoms with E-state index in [9.17, 15) is 10.1 Å². The number of carbonyl (C=O) groups is 1. The van der Waals surface area contributed by atoms with Gasteiger partial charge in [0.25, 0.3) is 5.82 Å². The van der Waals surface area contributed by atoms with Crippen molar-refractivity contribution >= 4 is 23.5 Å². The van der Waals surface area contributed by atoms with E-state index in [0.29, 0.717) is 11.5 Å². The van der Waals surface area contributed by atoms with Gasteiger partial charge in [-0.3, -0.25) is 4.90 Å². The molecule has 30 heavy (non-hydrogen) atoms. The molecule has 4 rings (SSSR count). The van der Waals surface area contributed by atoms with E-state index < -0.39 is 5.97 Å². The summed E-state index contributed by atoms with van der Waals surface area (Å²) in [7, 11) is 1.34. The number of rotatable bonds is 5. The zero-order chi connectivity index (χ0) is 21.1. The number of hydrogen-bond donors (Lipinski definition) is 0. The van der Waals surface area contributed by atoms with E-state index in [1.54, 1.807) is 23.9 Å². The number of furan rings is 1. The van der Waals surface area contributed by atoms with Crippen LogP contribution in [0.2, 0.25) is 0 Å². The van der Waals surface area contributed by atoms with Crippen LogP contribution in [0, 0.1) is 17.2 Å². The summed E-state index contributed by atoms with van der Waals surface area (Å²) in [5.74, 6) is 2.91. The van der Waals surface area contributed by atoms with Crippen LogP contribution in [-0.4, -0.2) is 26.2 Å². The zero-order valence-corrected chi connectivity index (χ0v) is 18.4. The average Bonchev–Trinajstić information content (AvgIpc) is 3.26. The average molecular weight is 427 g/mol. The number of nitrogens with zero attached hydrogens (tertiary/aromatic N) is 2. The monoisotopic (exact) mass is 426 g/mol. The number of aromatic amines is 1. The molecule has 7 heteroatoms. The Labute approximate surface area is 181 Å². The van der Waals surface area contributed by atoms with Crippen molar-refractivity contribution in [2.24, 2.45) is 5.92 Å². The molecule has 2 aliphatic rings. The second kappa shape index (κ2) is 9.13. The highest BCUT2D eigenvalue weighted by molar-refractivity contribution is 7.98. The van der Waals surface area contributed by atoms with Crippen LogP contribution in [-0.2, 0) is 23.3 Å². The molecule has 3 heterocycles. The van der Waals surface area contributed by atoms with Gasteiger partial charge in [0, 0.05) is 5.56 Å². The Morgan fingerprint density at radius 2 is 2.03 bits per heavy atom. The molecule has 2 aromatic heterocycles. The number of thioether (sulfide) groups is 1. The predicted octanol–water partition coefficient (Wildman–Crippen LogP) is 4.16. The third-order valence-corrected chi connectivity index (χ3v) is 7.16. The van der Waals surface area contributed by atoms with Crippen molar-refractivity contribution in [3.8, 4) is 6.07 Å². The summed E-state index contributed by atoms with van der Waals surface area (Å²) >= 11 is 1.56. The fraction of sp³-hybridized carbons (Fsp3) is 0.522. The van der Waals surface area contributed by atoms with E-state index in [1.165, 1.54) is 43.3 Å². The first-order chi connectivity index (χ1) is 14.6. The summed E-state index contributed by atoms with van der Waals surface area (Å²) in [6, 6.07) is 5.87. The van der Waals surface area contributed by atoms with Gasteiger partial charge in [-0.2, -0.15) is 5.26 Å². The Morgan fingerprint density at radius 1 is 1.30 bits per heavy atom. The van der Waals surface area contributed by atoms with Gasteiger partial charge < -0.3 is 9.15 Å². The smallest absolute Gasteiger partial charge is 0.373 e. The van der Waals surface area contributed by atoms with Gasteiger partial charge in [-0.1, -0.05) is 18.7 Å². The van der Waals surface area contributed by atoms with Crippen molar-refractivity contribution in [1.82, 2.24) is 0 Å². The zero-order valence-electron chi connectivity index (χ0n) is 17.6. The van der Waals surface area contributed by atoms with Crippen molar-refractivity contribution in [2.45, 2.75) is 56.2 Å². The Hall–Kier alpha value is -2.46. The highest BCUT2D eigenvalue weighted by atomic mass is 32.2. The number of anilines is 1. The molecule has 0 amide bonds. The minimum Gasteiger partial charge on any atom is -0.463 e. The molecule has 6 nitrogen and oxygen atoms in total. The maximum Gasteiger partial charge on any atom is 0.373 e. The number of piperidine rings is 1. The molecular formula is C23H28N3O3S+. The van der Waals surface area contributed by atoms with Gasteiger partial charge >= 0.3 is 5.97 Å². The summed E-state index contributed by atoms with van der Waals surface area (Å²) in [4.78, 5) is 17.7. The van der Waals surface area contributed by atoms with Gasteiger partial charge in [-0.05, 0) is 62.1 Å². The molecular weight excluding hydrogens is 398 g/mol. The standard InChI is InChI=1S/C23H27N3O3S/c1-15-9-11-26(12-10-15)21-18-6-4-3-5-17(18)19(13-24)22(25-21)30-14-16-7-8-20(29-16)23(27)28-2/h7-8,15H,3-6,9-12,14H2,1-2H3/p+1. The first-order valence-electron chi connectivity index (χ1n) is 10.7. The fourth-order valence-electron chi connectivity index (χ4n) is 4.36. The number of nitriles is 1. The first-order valence-corrected chi connectivity index (χ1v) is 11.6. The summed E-state index contributed by atoms with van der Waals surface area (Å²) in [5, 5.41) is 10.8. The molecule has 0 saturated carbocycles. The number of aromatic nitrogens is 1. The van der Waals surface area contributed by atoms with Crippen LogP contribution in [0.3, 0.4) is 0 Å². The molecule has 1 fully saturated rings. The number of ether oxygens (including phenoxy) is 1. The van der Waals surface area contributed by atoms with E-state index >= 15 is 0 Å². The molecule has 0 atom stereocenters. The van der Waals surface area contributed by atoms with Crippen molar-refractivity contribution in [3.05, 3.63) is 40.3 Å². The van der Waals surface area contributed by atoms with Gasteiger partial charge in [0.05, 0.1) is 26.0 Å². The van der Waals surface area contributed by atoms with Gasteiger partial charge in [0.15, 0.2) is 5.03 Å². The molecule has 2 aromatic rings. The van der Waals surface area contributed by atoms with Crippen LogP contribution in [0.25, 0.3) is 0 Å². The quantitative estimate of drug-likeness (QED) is 0.528.